The first kappa shape index (κ1) is 14.8. The van der Waals surface area contributed by atoms with Crippen molar-refractivity contribution in [3.8, 4) is 0 Å². The van der Waals surface area contributed by atoms with Gasteiger partial charge in [-0.3, -0.25) is 9.69 Å². The molecule has 7 heteroatoms. The van der Waals surface area contributed by atoms with E-state index in [0.29, 0.717) is 13.1 Å². The number of nitrogens with one attached hydrogen (secondary N) is 1. The highest BCUT2D eigenvalue weighted by Gasteiger charge is 2.56. The van der Waals surface area contributed by atoms with Crippen LogP contribution in [-0.2, 0) is 19.1 Å². The lowest BCUT2D eigenvalue weighted by atomic mass is 10.0. The molecular formula is C13H20N2O5. The Labute approximate surface area is 117 Å². The van der Waals surface area contributed by atoms with E-state index < -0.39 is 23.7 Å². The summed E-state index contributed by atoms with van der Waals surface area (Å²) in [7, 11) is 1.20. The molecule has 2 saturated heterocycles. The molecule has 0 radical (unpaired) electrons. The Morgan fingerprint density at radius 1 is 1.30 bits per heavy atom. The molecular weight excluding hydrogens is 264 g/mol. The van der Waals surface area contributed by atoms with Crippen molar-refractivity contribution in [3.63, 3.8) is 0 Å². The van der Waals surface area contributed by atoms with Crippen LogP contribution in [0.1, 0.15) is 20.8 Å². The first-order valence-corrected chi connectivity index (χ1v) is 6.60. The van der Waals surface area contributed by atoms with E-state index in [1.54, 1.807) is 20.8 Å². The van der Waals surface area contributed by atoms with Gasteiger partial charge in [0.1, 0.15) is 5.60 Å². The summed E-state index contributed by atoms with van der Waals surface area (Å²) in [6.07, 6.45) is -0.655. The Balaban J connectivity index is 2.28. The third-order valence-corrected chi connectivity index (χ3v) is 3.48. The highest BCUT2D eigenvalue weighted by molar-refractivity contribution is 6.09. The maximum Gasteiger partial charge on any atom is 0.411 e. The number of likely N-dealkylation sites (tertiary alicyclic amines) is 1. The molecule has 2 fully saturated rings. The monoisotopic (exact) mass is 284 g/mol. The Morgan fingerprint density at radius 3 is 2.50 bits per heavy atom. The Morgan fingerprint density at radius 2 is 1.95 bits per heavy atom. The van der Waals surface area contributed by atoms with Crippen molar-refractivity contribution >= 4 is 17.8 Å². The molecule has 7 nitrogen and oxygen atoms in total. The molecule has 0 spiro atoms. The van der Waals surface area contributed by atoms with E-state index in [0.717, 1.165) is 0 Å². The standard InChI is InChI=1S/C13H20N2O5/c1-13(2,3)20-12(18)15-8-6-14-5-7(8)10(16)9(15)11(17)19-4/h7-9,14H,5-6H2,1-4H3/t7-,8+,9?/m0/s1. The summed E-state index contributed by atoms with van der Waals surface area (Å²) < 4.78 is 9.95. The summed E-state index contributed by atoms with van der Waals surface area (Å²) >= 11 is 0. The molecule has 1 amide bonds. The highest BCUT2D eigenvalue weighted by atomic mass is 16.6. The number of carbonyl (C=O) groups is 3. The first-order chi connectivity index (χ1) is 9.26. The molecule has 1 N–H and O–H groups in total. The minimum atomic E-state index is -1.19. The van der Waals surface area contributed by atoms with Gasteiger partial charge in [0.15, 0.2) is 11.8 Å². The van der Waals surface area contributed by atoms with E-state index in [2.05, 4.69) is 10.1 Å². The zero-order chi connectivity index (χ0) is 15.1. The van der Waals surface area contributed by atoms with Gasteiger partial charge in [0.25, 0.3) is 0 Å². The summed E-state index contributed by atoms with van der Waals surface area (Å²) in [6.45, 7) is 6.15. The van der Waals surface area contributed by atoms with Gasteiger partial charge in [-0.1, -0.05) is 0 Å². The van der Waals surface area contributed by atoms with Crippen LogP contribution in [0.25, 0.3) is 0 Å². The highest BCUT2D eigenvalue weighted by Crippen LogP contribution is 2.31. The van der Waals surface area contributed by atoms with Crippen LogP contribution in [0.3, 0.4) is 0 Å². The average molecular weight is 284 g/mol. The molecule has 0 aliphatic carbocycles. The summed E-state index contributed by atoms with van der Waals surface area (Å²) in [6, 6.07) is -1.53. The van der Waals surface area contributed by atoms with E-state index in [4.69, 9.17) is 4.74 Å². The van der Waals surface area contributed by atoms with Crippen molar-refractivity contribution in [2.45, 2.75) is 38.5 Å². The number of methoxy groups -OCH3 is 1. The fourth-order valence-corrected chi connectivity index (χ4v) is 2.68. The Bertz CT molecular complexity index is 443. The molecule has 112 valence electrons. The minimum absolute atomic E-state index is 0.280. The number of rotatable bonds is 1. The lowest BCUT2D eigenvalue weighted by Crippen LogP contribution is -2.50. The maximum atomic E-state index is 12.3. The number of fused-ring (bicyclic) bond motifs is 1. The number of hydrogen-bond donors (Lipinski definition) is 1. The van der Waals surface area contributed by atoms with Gasteiger partial charge in [0.2, 0.25) is 0 Å². The summed E-state index contributed by atoms with van der Waals surface area (Å²) in [5, 5.41) is 3.06. The van der Waals surface area contributed by atoms with E-state index in [1.165, 1.54) is 12.0 Å². The van der Waals surface area contributed by atoms with Crippen molar-refractivity contribution < 1.29 is 23.9 Å². The fraction of sp³-hybridized carbons (Fsp3) is 0.769. The normalized spacial score (nSPS) is 29.3. The molecule has 2 heterocycles. The number of Topliss-reactive ketones (excluding diaryl/α,β-unsaturated/α-hetero) is 1. The average Bonchev–Trinajstić information content (AvgIpc) is 2.88. The molecule has 2 aliphatic rings. The molecule has 0 aromatic carbocycles. The largest absolute Gasteiger partial charge is 0.467 e. The van der Waals surface area contributed by atoms with Gasteiger partial charge in [-0.05, 0) is 20.8 Å². The van der Waals surface area contributed by atoms with Gasteiger partial charge in [0, 0.05) is 13.1 Å². The van der Waals surface area contributed by atoms with Crippen LogP contribution < -0.4 is 5.32 Å². The van der Waals surface area contributed by atoms with Crippen LogP contribution in [0.15, 0.2) is 0 Å². The summed E-state index contributed by atoms with van der Waals surface area (Å²) in [5.41, 5.74) is -0.690. The molecule has 0 aromatic rings. The Hall–Kier alpha value is -1.63. The zero-order valence-electron chi connectivity index (χ0n) is 12.1. The number of ketones is 1. The second-order valence-electron chi connectivity index (χ2n) is 6.05. The van der Waals surface area contributed by atoms with Crippen molar-refractivity contribution in [2.24, 2.45) is 5.92 Å². The molecule has 1 unspecified atom stereocenters. The molecule has 0 bridgehead atoms. The first-order valence-electron chi connectivity index (χ1n) is 6.60. The third-order valence-electron chi connectivity index (χ3n) is 3.48. The third kappa shape index (κ3) is 2.49. The van der Waals surface area contributed by atoms with Crippen molar-refractivity contribution in [1.82, 2.24) is 10.2 Å². The van der Waals surface area contributed by atoms with Crippen LogP contribution in [0.5, 0.6) is 0 Å². The lowest BCUT2D eigenvalue weighted by molar-refractivity contribution is -0.149. The summed E-state index contributed by atoms with van der Waals surface area (Å²) in [5.74, 6) is -1.36. The second-order valence-corrected chi connectivity index (χ2v) is 6.05. The van der Waals surface area contributed by atoms with Gasteiger partial charge in [-0.2, -0.15) is 0 Å². The van der Waals surface area contributed by atoms with Crippen LogP contribution in [0.2, 0.25) is 0 Å². The summed E-state index contributed by atoms with van der Waals surface area (Å²) in [4.78, 5) is 37.6. The smallest absolute Gasteiger partial charge is 0.411 e. The van der Waals surface area contributed by atoms with Crippen molar-refractivity contribution in [3.05, 3.63) is 0 Å². The number of ether oxygens (including phenoxy) is 2. The van der Waals surface area contributed by atoms with Crippen LogP contribution >= 0.6 is 0 Å². The van der Waals surface area contributed by atoms with Gasteiger partial charge in [-0.15, -0.1) is 0 Å². The number of hydrogen-bond acceptors (Lipinski definition) is 6. The number of amides is 1. The maximum absolute atomic E-state index is 12.3. The van der Waals surface area contributed by atoms with Gasteiger partial charge in [0.05, 0.1) is 19.1 Å². The molecule has 2 aliphatic heterocycles. The molecule has 20 heavy (non-hydrogen) atoms. The second kappa shape index (κ2) is 5.05. The van der Waals surface area contributed by atoms with E-state index >= 15 is 0 Å². The minimum Gasteiger partial charge on any atom is -0.467 e. The molecule has 0 aromatic heterocycles. The number of nitrogens with zero attached hydrogens (tertiary/aromatic N) is 1. The number of esters is 1. The van der Waals surface area contributed by atoms with Crippen molar-refractivity contribution in [1.29, 1.82) is 0 Å². The fourth-order valence-electron chi connectivity index (χ4n) is 2.68. The van der Waals surface area contributed by atoms with Gasteiger partial charge >= 0.3 is 12.1 Å². The van der Waals surface area contributed by atoms with Crippen LogP contribution in [-0.4, -0.2) is 60.6 Å². The van der Waals surface area contributed by atoms with E-state index in [1.807, 2.05) is 0 Å². The van der Waals surface area contributed by atoms with E-state index in [9.17, 15) is 14.4 Å². The van der Waals surface area contributed by atoms with E-state index in [-0.39, 0.29) is 17.7 Å². The van der Waals surface area contributed by atoms with Gasteiger partial charge in [-0.25, -0.2) is 9.59 Å². The van der Waals surface area contributed by atoms with Crippen LogP contribution in [0, 0.1) is 5.92 Å². The molecule has 2 rings (SSSR count). The van der Waals surface area contributed by atoms with Crippen molar-refractivity contribution in [2.75, 3.05) is 20.2 Å². The predicted octanol–water partition coefficient (Wildman–Crippen LogP) is -0.0642. The predicted molar refractivity (Wildman–Crippen MR) is 69.0 cm³/mol. The SMILES string of the molecule is COC(=O)C1C(=O)[C@H]2CNC[C@H]2N1C(=O)OC(C)(C)C. The van der Waals surface area contributed by atoms with Crippen LogP contribution in [0.4, 0.5) is 4.79 Å². The quantitative estimate of drug-likeness (QED) is 0.536. The molecule has 0 saturated carbocycles. The topological polar surface area (TPSA) is 84.9 Å². The zero-order valence-corrected chi connectivity index (χ0v) is 12.1. The lowest BCUT2D eigenvalue weighted by Gasteiger charge is -2.30. The van der Waals surface area contributed by atoms with Gasteiger partial charge < -0.3 is 14.8 Å². The molecule has 3 atom stereocenters. The Kier molecular flexibility index (Phi) is 3.73. The number of carbonyl (C=O) groups excluding carboxylic acids is 3.